The number of anilines is 2. The third kappa shape index (κ3) is 2.51. The van der Waals surface area contributed by atoms with Gasteiger partial charge in [0.15, 0.2) is 5.65 Å². The Morgan fingerprint density at radius 2 is 2.26 bits per heavy atom. The molecule has 2 aromatic heterocycles. The van der Waals surface area contributed by atoms with Crippen LogP contribution in [0, 0.1) is 0 Å². The largest absolute Gasteiger partial charge is 0.383 e. The topological polar surface area (TPSA) is 91.3 Å². The van der Waals surface area contributed by atoms with Crippen molar-refractivity contribution >= 4 is 22.8 Å². The van der Waals surface area contributed by atoms with Crippen LogP contribution in [0.5, 0.6) is 0 Å². The van der Waals surface area contributed by atoms with Crippen LogP contribution < -0.4 is 10.6 Å². The van der Waals surface area contributed by atoms with E-state index in [1.165, 1.54) is 0 Å². The predicted octanol–water partition coefficient (Wildman–Crippen LogP) is 0.720. The Hall–Kier alpha value is -1.93. The number of hydrogen-bond acceptors (Lipinski definition) is 7. The number of morpholine rings is 1. The normalized spacial score (nSPS) is 28.6. The lowest BCUT2D eigenvalue weighted by Crippen LogP contribution is -2.59. The third-order valence-corrected chi connectivity index (χ3v) is 4.59. The number of fused-ring (bicyclic) bond motifs is 1. The molecule has 2 atom stereocenters. The first kappa shape index (κ1) is 14.6. The number of nitrogen functional groups attached to an aromatic ring is 1. The van der Waals surface area contributed by atoms with Gasteiger partial charge in [-0.3, -0.25) is 4.68 Å². The van der Waals surface area contributed by atoms with Gasteiger partial charge in [0.05, 0.1) is 30.8 Å². The molecule has 0 bridgehead atoms. The van der Waals surface area contributed by atoms with Gasteiger partial charge in [0.1, 0.15) is 11.4 Å². The molecule has 8 heteroatoms. The molecule has 0 saturated carbocycles. The molecular weight excluding hydrogens is 296 g/mol. The summed E-state index contributed by atoms with van der Waals surface area (Å²) in [5.41, 5.74) is 6.58. The summed E-state index contributed by atoms with van der Waals surface area (Å²) in [5.74, 6) is 1.10. The second kappa shape index (κ2) is 5.31. The summed E-state index contributed by atoms with van der Waals surface area (Å²) >= 11 is 0. The molecule has 0 radical (unpaired) electrons. The average molecular weight is 318 g/mol. The first-order chi connectivity index (χ1) is 11.1. The van der Waals surface area contributed by atoms with Crippen LogP contribution in [0.2, 0.25) is 0 Å². The number of nitrogens with two attached hydrogens (primary N) is 1. The molecule has 0 aromatic carbocycles. The van der Waals surface area contributed by atoms with Crippen molar-refractivity contribution in [3.05, 3.63) is 6.20 Å². The van der Waals surface area contributed by atoms with Crippen molar-refractivity contribution in [2.75, 3.05) is 36.9 Å². The van der Waals surface area contributed by atoms with Crippen molar-refractivity contribution in [3.63, 3.8) is 0 Å². The van der Waals surface area contributed by atoms with Crippen LogP contribution in [0.4, 0.5) is 11.8 Å². The zero-order valence-electron chi connectivity index (χ0n) is 13.5. The molecule has 1 spiro atoms. The highest BCUT2D eigenvalue weighted by Crippen LogP contribution is 2.32. The Morgan fingerprint density at radius 3 is 3.04 bits per heavy atom. The van der Waals surface area contributed by atoms with Crippen LogP contribution >= 0.6 is 0 Å². The highest BCUT2D eigenvalue weighted by Gasteiger charge is 2.42. The molecule has 8 nitrogen and oxygen atoms in total. The molecule has 23 heavy (non-hydrogen) atoms. The molecule has 0 aliphatic carbocycles. The minimum absolute atomic E-state index is 0.0949. The van der Waals surface area contributed by atoms with E-state index in [-0.39, 0.29) is 11.7 Å². The Labute approximate surface area is 134 Å². The van der Waals surface area contributed by atoms with Crippen molar-refractivity contribution < 1.29 is 9.47 Å². The van der Waals surface area contributed by atoms with E-state index in [0.717, 1.165) is 43.6 Å². The number of rotatable bonds is 1. The van der Waals surface area contributed by atoms with Gasteiger partial charge in [-0.25, -0.2) is 0 Å². The second-order valence-electron chi connectivity index (χ2n) is 6.56. The van der Waals surface area contributed by atoms with Crippen molar-refractivity contribution in [1.82, 2.24) is 19.7 Å². The standard InChI is InChI=1S/C15H22N6O2/c1-10-7-21(8-15(23-10)4-3-5-22-9-15)14-18-12(16)11-6-17-20(2)13(11)19-14/h6,10H,3-5,7-9H2,1-2H3,(H2,16,18,19)/t10-,15-/m1/s1. The van der Waals surface area contributed by atoms with Gasteiger partial charge in [-0.1, -0.05) is 0 Å². The molecular formula is C15H22N6O2. The second-order valence-corrected chi connectivity index (χ2v) is 6.56. The number of ether oxygens (including phenoxy) is 2. The van der Waals surface area contributed by atoms with Crippen LogP contribution in [-0.2, 0) is 16.5 Å². The van der Waals surface area contributed by atoms with E-state index in [2.05, 4.69) is 26.9 Å². The molecule has 0 amide bonds. The molecule has 0 unspecified atom stereocenters. The maximum Gasteiger partial charge on any atom is 0.229 e. The van der Waals surface area contributed by atoms with Crippen molar-refractivity contribution in [3.8, 4) is 0 Å². The molecule has 2 saturated heterocycles. The minimum atomic E-state index is -0.268. The van der Waals surface area contributed by atoms with Gasteiger partial charge in [0, 0.05) is 20.2 Å². The fraction of sp³-hybridized carbons (Fsp3) is 0.667. The summed E-state index contributed by atoms with van der Waals surface area (Å²) < 4.78 is 13.6. The summed E-state index contributed by atoms with van der Waals surface area (Å²) in [6.07, 6.45) is 3.81. The lowest BCUT2D eigenvalue weighted by atomic mass is 9.93. The van der Waals surface area contributed by atoms with Gasteiger partial charge in [-0.15, -0.1) is 0 Å². The van der Waals surface area contributed by atoms with Crippen LogP contribution in [-0.4, -0.2) is 57.8 Å². The van der Waals surface area contributed by atoms with E-state index in [4.69, 9.17) is 15.2 Å². The van der Waals surface area contributed by atoms with Crippen molar-refractivity contribution in [2.24, 2.45) is 7.05 Å². The summed E-state index contributed by atoms with van der Waals surface area (Å²) in [5, 5.41) is 5.00. The molecule has 4 heterocycles. The quantitative estimate of drug-likeness (QED) is 0.828. The molecule has 2 N–H and O–H groups in total. The van der Waals surface area contributed by atoms with Crippen molar-refractivity contribution in [2.45, 2.75) is 31.5 Å². The molecule has 2 aliphatic rings. The zero-order chi connectivity index (χ0) is 16.0. The minimum Gasteiger partial charge on any atom is -0.383 e. The Morgan fingerprint density at radius 1 is 1.39 bits per heavy atom. The number of aromatic nitrogens is 4. The first-order valence-corrected chi connectivity index (χ1v) is 8.02. The number of hydrogen-bond donors (Lipinski definition) is 1. The summed E-state index contributed by atoms with van der Waals surface area (Å²) in [7, 11) is 1.86. The van der Waals surface area contributed by atoms with Crippen LogP contribution in [0.15, 0.2) is 6.20 Å². The van der Waals surface area contributed by atoms with Gasteiger partial charge >= 0.3 is 0 Å². The predicted molar refractivity (Wildman–Crippen MR) is 86.3 cm³/mol. The summed E-state index contributed by atoms with van der Waals surface area (Å²) in [4.78, 5) is 11.3. The summed E-state index contributed by atoms with van der Waals surface area (Å²) in [6, 6.07) is 0. The zero-order valence-corrected chi connectivity index (χ0v) is 13.5. The van der Waals surface area contributed by atoms with E-state index < -0.39 is 0 Å². The van der Waals surface area contributed by atoms with Gasteiger partial charge in [0.2, 0.25) is 5.95 Å². The number of nitrogens with zero attached hydrogens (tertiary/aromatic N) is 5. The van der Waals surface area contributed by atoms with Crippen LogP contribution in [0.1, 0.15) is 19.8 Å². The first-order valence-electron chi connectivity index (χ1n) is 8.02. The Bertz CT molecular complexity index is 724. The maximum absolute atomic E-state index is 6.22. The highest BCUT2D eigenvalue weighted by atomic mass is 16.6. The van der Waals surface area contributed by atoms with Crippen LogP contribution in [0.3, 0.4) is 0 Å². The van der Waals surface area contributed by atoms with Crippen LogP contribution in [0.25, 0.3) is 11.0 Å². The Kier molecular flexibility index (Phi) is 3.38. The smallest absolute Gasteiger partial charge is 0.229 e. The molecule has 2 fully saturated rings. The van der Waals surface area contributed by atoms with Crippen molar-refractivity contribution in [1.29, 1.82) is 0 Å². The fourth-order valence-electron chi connectivity index (χ4n) is 3.59. The van der Waals surface area contributed by atoms with Gasteiger partial charge in [0.25, 0.3) is 0 Å². The van der Waals surface area contributed by atoms with E-state index in [1.54, 1.807) is 10.9 Å². The maximum atomic E-state index is 6.22. The van der Waals surface area contributed by atoms with E-state index in [0.29, 0.717) is 18.4 Å². The van der Waals surface area contributed by atoms with Gasteiger partial charge in [-0.2, -0.15) is 15.1 Å². The highest BCUT2D eigenvalue weighted by molar-refractivity contribution is 5.86. The van der Waals surface area contributed by atoms with E-state index >= 15 is 0 Å². The van der Waals surface area contributed by atoms with E-state index in [1.807, 2.05) is 7.05 Å². The van der Waals surface area contributed by atoms with Gasteiger partial charge in [-0.05, 0) is 19.8 Å². The molecule has 2 aliphatic heterocycles. The third-order valence-electron chi connectivity index (χ3n) is 4.59. The van der Waals surface area contributed by atoms with Gasteiger partial charge < -0.3 is 20.1 Å². The SMILES string of the molecule is C[C@@H]1CN(c2nc(N)c3cnn(C)c3n2)C[C@@]2(CCCOC2)O1. The lowest BCUT2D eigenvalue weighted by molar-refractivity contribution is -0.160. The van der Waals surface area contributed by atoms with E-state index in [9.17, 15) is 0 Å². The molecule has 4 rings (SSSR count). The fourth-order valence-corrected chi connectivity index (χ4v) is 3.59. The Balaban J connectivity index is 1.70. The average Bonchev–Trinajstić information content (AvgIpc) is 2.89. The number of aryl methyl sites for hydroxylation is 1. The molecule has 124 valence electrons. The monoisotopic (exact) mass is 318 g/mol. The summed E-state index contributed by atoms with van der Waals surface area (Å²) in [6.45, 7) is 4.97. The lowest BCUT2D eigenvalue weighted by Gasteiger charge is -2.47. The molecule has 2 aromatic rings.